The minimum absolute atomic E-state index is 0.638. The first kappa shape index (κ1) is 29.4. The van der Waals surface area contributed by atoms with Crippen molar-refractivity contribution in [3.63, 3.8) is 0 Å². The average Bonchev–Trinajstić information content (AvgIpc) is 3.21. The molecule has 0 saturated carbocycles. The predicted molar refractivity (Wildman–Crippen MR) is 207 cm³/mol. The maximum Gasteiger partial charge on any atom is 0.164 e. The summed E-state index contributed by atoms with van der Waals surface area (Å²) in [4.78, 5) is 15.5. The highest BCUT2D eigenvalue weighted by Crippen LogP contribution is 2.39. The molecular weight excluding hydrogens is 607 g/mol. The number of aromatic nitrogens is 3. The molecule has 9 aromatic rings. The van der Waals surface area contributed by atoms with Gasteiger partial charge in [0.1, 0.15) is 0 Å². The van der Waals surface area contributed by atoms with Gasteiger partial charge in [-0.2, -0.15) is 0 Å². The van der Waals surface area contributed by atoms with Gasteiger partial charge >= 0.3 is 0 Å². The van der Waals surface area contributed by atoms with Crippen LogP contribution in [0.25, 0.3) is 89.1 Å². The molecular formula is C47H31N3. The maximum atomic E-state index is 5.23. The fourth-order valence-electron chi connectivity index (χ4n) is 6.76. The number of fused-ring (bicyclic) bond motifs is 3. The van der Waals surface area contributed by atoms with Gasteiger partial charge in [0.25, 0.3) is 0 Å². The van der Waals surface area contributed by atoms with Gasteiger partial charge in [0.15, 0.2) is 17.5 Å². The highest BCUT2D eigenvalue weighted by Gasteiger charge is 2.18. The van der Waals surface area contributed by atoms with Crippen LogP contribution in [0.3, 0.4) is 0 Å². The first-order chi connectivity index (χ1) is 24.8. The fraction of sp³-hybridized carbons (Fsp3) is 0. The highest BCUT2D eigenvalue weighted by atomic mass is 15.0. The van der Waals surface area contributed by atoms with Gasteiger partial charge in [-0.1, -0.05) is 176 Å². The van der Waals surface area contributed by atoms with Crippen LogP contribution < -0.4 is 0 Å². The van der Waals surface area contributed by atoms with Crippen LogP contribution in [0.15, 0.2) is 188 Å². The Balaban J connectivity index is 1.25. The summed E-state index contributed by atoms with van der Waals surface area (Å²) < 4.78 is 0. The monoisotopic (exact) mass is 637 g/mol. The average molecular weight is 638 g/mol. The van der Waals surface area contributed by atoms with Gasteiger partial charge in [-0.15, -0.1) is 0 Å². The van der Waals surface area contributed by atoms with E-state index < -0.39 is 0 Å². The summed E-state index contributed by atoms with van der Waals surface area (Å²) in [6.07, 6.45) is 0. The molecule has 0 unspecified atom stereocenters. The zero-order chi connectivity index (χ0) is 33.3. The minimum Gasteiger partial charge on any atom is -0.208 e. The van der Waals surface area contributed by atoms with E-state index in [1.165, 1.54) is 27.5 Å². The summed E-state index contributed by atoms with van der Waals surface area (Å²) in [5.41, 5.74) is 9.81. The summed E-state index contributed by atoms with van der Waals surface area (Å²) in [7, 11) is 0. The maximum absolute atomic E-state index is 5.23. The summed E-state index contributed by atoms with van der Waals surface area (Å²) in [6, 6.07) is 65.9. The van der Waals surface area contributed by atoms with Crippen LogP contribution in [0.5, 0.6) is 0 Å². The van der Waals surface area contributed by atoms with E-state index in [4.69, 9.17) is 15.0 Å². The molecule has 0 spiro atoms. The molecule has 234 valence electrons. The quantitative estimate of drug-likeness (QED) is 0.170. The van der Waals surface area contributed by atoms with Crippen molar-refractivity contribution in [1.82, 2.24) is 15.0 Å². The number of benzene rings is 8. The van der Waals surface area contributed by atoms with E-state index in [1.54, 1.807) is 0 Å². The molecule has 0 aliphatic carbocycles. The van der Waals surface area contributed by atoms with Crippen molar-refractivity contribution in [2.24, 2.45) is 0 Å². The molecule has 1 heterocycles. The first-order valence-electron chi connectivity index (χ1n) is 16.9. The van der Waals surface area contributed by atoms with E-state index in [-0.39, 0.29) is 0 Å². The molecule has 0 aliphatic rings. The molecule has 0 aliphatic heterocycles. The fourth-order valence-corrected chi connectivity index (χ4v) is 6.76. The summed E-state index contributed by atoms with van der Waals surface area (Å²) in [5.74, 6) is 1.92. The summed E-state index contributed by atoms with van der Waals surface area (Å²) in [6.45, 7) is 0. The molecule has 0 saturated heterocycles. The lowest BCUT2D eigenvalue weighted by Crippen LogP contribution is -2.01. The van der Waals surface area contributed by atoms with E-state index in [1.807, 2.05) is 30.3 Å². The Morgan fingerprint density at radius 1 is 0.260 bits per heavy atom. The third kappa shape index (κ3) is 5.61. The Kier molecular flexibility index (Phi) is 7.49. The summed E-state index contributed by atoms with van der Waals surface area (Å²) in [5, 5.41) is 4.61. The lowest BCUT2D eigenvalue weighted by atomic mass is 9.92. The van der Waals surface area contributed by atoms with Crippen molar-refractivity contribution in [1.29, 1.82) is 0 Å². The van der Waals surface area contributed by atoms with Gasteiger partial charge in [-0.05, 0) is 61.7 Å². The minimum atomic E-state index is 0.638. The first-order valence-corrected chi connectivity index (χ1v) is 16.9. The van der Waals surface area contributed by atoms with E-state index >= 15 is 0 Å². The highest BCUT2D eigenvalue weighted by molar-refractivity contribution is 6.15. The van der Waals surface area contributed by atoms with Gasteiger partial charge in [0, 0.05) is 22.1 Å². The smallest absolute Gasteiger partial charge is 0.164 e. The molecule has 3 nitrogen and oxygen atoms in total. The number of hydrogen-bond donors (Lipinski definition) is 0. The Hall–Kier alpha value is -6.71. The van der Waals surface area contributed by atoms with Gasteiger partial charge < -0.3 is 0 Å². The van der Waals surface area contributed by atoms with Gasteiger partial charge in [-0.25, -0.2) is 15.0 Å². The van der Waals surface area contributed by atoms with E-state index in [0.717, 1.165) is 44.2 Å². The molecule has 9 rings (SSSR count). The Morgan fingerprint density at radius 2 is 0.660 bits per heavy atom. The van der Waals surface area contributed by atoms with Crippen LogP contribution in [0, 0.1) is 0 Å². The van der Waals surface area contributed by atoms with E-state index in [9.17, 15) is 0 Å². The predicted octanol–water partition coefficient (Wildman–Crippen LogP) is 12.2. The zero-order valence-electron chi connectivity index (χ0n) is 27.2. The van der Waals surface area contributed by atoms with E-state index in [0.29, 0.717) is 17.5 Å². The van der Waals surface area contributed by atoms with Crippen LogP contribution in [-0.4, -0.2) is 15.0 Å². The number of nitrogens with zero attached hydrogens (tertiary/aromatic N) is 3. The Bertz CT molecular complexity index is 2600. The van der Waals surface area contributed by atoms with Crippen molar-refractivity contribution < 1.29 is 0 Å². The van der Waals surface area contributed by atoms with Crippen molar-refractivity contribution in [2.75, 3.05) is 0 Å². The largest absolute Gasteiger partial charge is 0.208 e. The number of hydrogen-bond acceptors (Lipinski definition) is 3. The normalized spacial score (nSPS) is 11.2. The number of rotatable bonds is 6. The molecule has 50 heavy (non-hydrogen) atoms. The second kappa shape index (κ2) is 12.7. The third-order valence-electron chi connectivity index (χ3n) is 9.33. The van der Waals surface area contributed by atoms with Crippen LogP contribution in [0.4, 0.5) is 0 Å². The lowest BCUT2D eigenvalue weighted by molar-refractivity contribution is 1.08. The van der Waals surface area contributed by atoms with Crippen molar-refractivity contribution >= 4 is 21.5 Å². The topological polar surface area (TPSA) is 38.7 Å². The third-order valence-corrected chi connectivity index (χ3v) is 9.33. The molecule has 3 heteroatoms. The Labute approximate surface area is 291 Å². The summed E-state index contributed by atoms with van der Waals surface area (Å²) >= 11 is 0. The van der Waals surface area contributed by atoms with E-state index in [2.05, 4.69) is 158 Å². The van der Waals surface area contributed by atoms with Crippen LogP contribution in [-0.2, 0) is 0 Å². The van der Waals surface area contributed by atoms with Crippen molar-refractivity contribution in [3.8, 4) is 67.5 Å². The van der Waals surface area contributed by atoms with Crippen molar-refractivity contribution in [3.05, 3.63) is 188 Å². The molecule has 0 radical (unpaired) electrons. The van der Waals surface area contributed by atoms with Crippen molar-refractivity contribution in [2.45, 2.75) is 0 Å². The van der Waals surface area contributed by atoms with Crippen LogP contribution in [0.1, 0.15) is 0 Å². The van der Waals surface area contributed by atoms with Gasteiger partial charge in [0.05, 0.1) is 0 Å². The standard InChI is InChI=1S/C47H31N3/c1-4-12-32(13-5-1)34-20-22-36(23-21-34)41-30-40-29-26-37-16-10-11-19-42(37)44(40)43(31-41)47-49-45(38-17-8-3-9-18-38)48-46(50-47)39-27-24-35(25-28-39)33-14-6-2-7-15-33/h1-31H. The second-order valence-corrected chi connectivity index (χ2v) is 12.5. The Morgan fingerprint density at radius 3 is 1.24 bits per heavy atom. The SMILES string of the molecule is c1ccc(-c2ccc(-c3cc(-c4nc(-c5ccccc5)nc(-c5ccc(-c6ccccc6)cc5)n4)c4c(ccc5ccccc54)c3)cc2)cc1. The molecule has 0 bridgehead atoms. The molecule has 0 atom stereocenters. The van der Waals surface area contributed by atoms with Gasteiger partial charge in [0.2, 0.25) is 0 Å². The molecule has 8 aromatic carbocycles. The lowest BCUT2D eigenvalue weighted by Gasteiger charge is -2.15. The molecule has 0 fully saturated rings. The zero-order valence-corrected chi connectivity index (χ0v) is 27.2. The van der Waals surface area contributed by atoms with Crippen LogP contribution >= 0.6 is 0 Å². The van der Waals surface area contributed by atoms with Crippen LogP contribution in [0.2, 0.25) is 0 Å². The molecule has 1 aromatic heterocycles. The van der Waals surface area contributed by atoms with Gasteiger partial charge in [-0.3, -0.25) is 0 Å². The molecule has 0 amide bonds. The molecule has 0 N–H and O–H groups in total. The second-order valence-electron chi connectivity index (χ2n) is 12.5.